The van der Waals surface area contributed by atoms with Gasteiger partial charge in [-0.3, -0.25) is 14.9 Å². The van der Waals surface area contributed by atoms with E-state index in [2.05, 4.69) is 31.2 Å². The monoisotopic (exact) mass is 419 g/mol. The van der Waals surface area contributed by atoms with E-state index in [1.807, 2.05) is 19.2 Å². The van der Waals surface area contributed by atoms with Gasteiger partial charge in [-0.1, -0.05) is 18.2 Å². The molecular formula is C22H28F3N5. The Kier molecular flexibility index (Phi) is 7.31. The molecule has 30 heavy (non-hydrogen) atoms. The Bertz CT molecular complexity index is 823. The lowest BCUT2D eigenvalue weighted by Crippen LogP contribution is -2.52. The fraction of sp³-hybridized carbons (Fsp3) is 0.455. The highest BCUT2D eigenvalue weighted by molar-refractivity contribution is 5.80. The molecule has 1 aliphatic heterocycles. The number of piperazine rings is 1. The lowest BCUT2D eigenvalue weighted by atomic mass is 10.1. The maximum absolute atomic E-state index is 12.7. The van der Waals surface area contributed by atoms with Crippen molar-refractivity contribution in [1.82, 2.24) is 20.1 Å². The molecule has 0 bridgehead atoms. The summed E-state index contributed by atoms with van der Waals surface area (Å²) in [6, 6.07) is 9.54. The van der Waals surface area contributed by atoms with Crippen molar-refractivity contribution >= 4 is 5.96 Å². The number of hydrogen-bond donors (Lipinski definition) is 1. The predicted molar refractivity (Wildman–Crippen MR) is 112 cm³/mol. The van der Waals surface area contributed by atoms with Gasteiger partial charge in [-0.25, -0.2) is 0 Å². The number of aryl methyl sites for hydroxylation is 1. The van der Waals surface area contributed by atoms with Crippen LogP contribution in [0.1, 0.15) is 22.4 Å². The normalized spacial score (nSPS) is 16.0. The number of aliphatic imine (C=N–C) groups is 1. The summed E-state index contributed by atoms with van der Waals surface area (Å²) in [5, 5.41) is 3.41. The zero-order chi connectivity index (χ0) is 21.6. The van der Waals surface area contributed by atoms with E-state index in [9.17, 15) is 13.2 Å². The first-order chi connectivity index (χ1) is 14.3. The van der Waals surface area contributed by atoms with Crippen LogP contribution >= 0.6 is 0 Å². The fourth-order valence-electron chi connectivity index (χ4n) is 3.47. The third-order valence-corrected chi connectivity index (χ3v) is 5.24. The van der Waals surface area contributed by atoms with Crippen molar-refractivity contribution in [2.24, 2.45) is 4.99 Å². The maximum atomic E-state index is 12.7. The van der Waals surface area contributed by atoms with E-state index in [1.54, 1.807) is 19.2 Å². The number of nitrogens with zero attached hydrogens (tertiary/aromatic N) is 4. The van der Waals surface area contributed by atoms with E-state index in [1.165, 1.54) is 5.56 Å². The van der Waals surface area contributed by atoms with Crippen molar-refractivity contribution in [1.29, 1.82) is 0 Å². The molecule has 0 amide bonds. The van der Waals surface area contributed by atoms with Crippen LogP contribution in [0.4, 0.5) is 13.2 Å². The topological polar surface area (TPSA) is 43.8 Å². The van der Waals surface area contributed by atoms with Gasteiger partial charge in [0, 0.05) is 58.2 Å². The summed E-state index contributed by atoms with van der Waals surface area (Å²) in [5.41, 5.74) is 2.49. The van der Waals surface area contributed by atoms with Crippen LogP contribution in [0, 0.1) is 6.92 Å². The van der Waals surface area contributed by atoms with Crippen molar-refractivity contribution in [2.75, 3.05) is 39.8 Å². The smallest absolute Gasteiger partial charge is 0.356 e. The van der Waals surface area contributed by atoms with Gasteiger partial charge in [0.2, 0.25) is 0 Å². The molecule has 1 aliphatic rings. The molecule has 1 saturated heterocycles. The Hall–Kier alpha value is -2.61. The molecule has 2 aromatic rings. The van der Waals surface area contributed by atoms with Gasteiger partial charge in [0.1, 0.15) is 0 Å². The molecule has 0 atom stereocenters. The molecule has 0 aliphatic carbocycles. The number of pyridine rings is 1. The molecule has 2 heterocycles. The molecule has 0 saturated carbocycles. The lowest BCUT2D eigenvalue weighted by molar-refractivity contribution is -0.137. The molecule has 1 N–H and O–H groups in total. The zero-order valence-electron chi connectivity index (χ0n) is 17.4. The van der Waals surface area contributed by atoms with Crippen molar-refractivity contribution in [3.8, 4) is 0 Å². The fourth-order valence-corrected chi connectivity index (χ4v) is 3.47. The summed E-state index contributed by atoms with van der Waals surface area (Å²) in [6.45, 7) is 6.73. The highest BCUT2D eigenvalue weighted by atomic mass is 19.4. The number of halogens is 3. The van der Waals surface area contributed by atoms with E-state index >= 15 is 0 Å². The third-order valence-electron chi connectivity index (χ3n) is 5.24. The minimum atomic E-state index is -4.29. The minimum Gasteiger partial charge on any atom is -0.356 e. The van der Waals surface area contributed by atoms with Gasteiger partial charge in [-0.2, -0.15) is 13.2 Å². The highest BCUT2D eigenvalue weighted by Gasteiger charge is 2.30. The SMILES string of the molecule is CN=C(NCCc1ccc(C)nc1)N1CCN(Cc2ccc(C(F)(F)F)cc2)CC1. The van der Waals surface area contributed by atoms with Crippen molar-refractivity contribution in [3.05, 3.63) is 65.0 Å². The molecule has 1 fully saturated rings. The van der Waals surface area contributed by atoms with Crippen molar-refractivity contribution in [3.63, 3.8) is 0 Å². The number of aromatic nitrogens is 1. The molecular weight excluding hydrogens is 391 g/mol. The Morgan fingerprint density at radius 3 is 2.27 bits per heavy atom. The summed E-state index contributed by atoms with van der Waals surface area (Å²) in [4.78, 5) is 13.2. The van der Waals surface area contributed by atoms with Gasteiger partial charge in [-0.15, -0.1) is 0 Å². The third kappa shape index (κ3) is 6.19. The largest absolute Gasteiger partial charge is 0.416 e. The summed E-state index contributed by atoms with van der Waals surface area (Å²) in [7, 11) is 1.78. The molecule has 3 rings (SSSR count). The quantitative estimate of drug-likeness (QED) is 0.596. The van der Waals surface area contributed by atoms with Crippen LogP contribution < -0.4 is 5.32 Å². The van der Waals surface area contributed by atoms with Crippen LogP contribution in [0.2, 0.25) is 0 Å². The van der Waals surface area contributed by atoms with E-state index in [0.717, 1.165) is 68.5 Å². The molecule has 1 aromatic heterocycles. The van der Waals surface area contributed by atoms with Gasteiger partial charge in [0.25, 0.3) is 0 Å². The summed E-state index contributed by atoms with van der Waals surface area (Å²) in [6.07, 6.45) is -1.51. The number of alkyl halides is 3. The molecule has 0 unspecified atom stereocenters. The molecule has 0 spiro atoms. The van der Waals surface area contributed by atoms with Crippen LogP contribution in [0.15, 0.2) is 47.6 Å². The summed E-state index contributed by atoms with van der Waals surface area (Å²) >= 11 is 0. The van der Waals surface area contributed by atoms with Crippen LogP contribution in [-0.2, 0) is 19.1 Å². The molecule has 8 heteroatoms. The van der Waals surface area contributed by atoms with Crippen molar-refractivity contribution in [2.45, 2.75) is 26.1 Å². The number of nitrogens with one attached hydrogen (secondary N) is 1. The van der Waals surface area contributed by atoms with Gasteiger partial charge in [0.15, 0.2) is 5.96 Å². The first kappa shape index (κ1) is 22.1. The second-order valence-electron chi connectivity index (χ2n) is 7.49. The zero-order valence-corrected chi connectivity index (χ0v) is 17.4. The van der Waals surface area contributed by atoms with Crippen LogP contribution in [0.3, 0.4) is 0 Å². The number of benzene rings is 1. The molecule has 5 nitrogen and oxygen atoms in total. The Morgan fingerprint density at radius 1 is 1.03 bits per heavy atom. The van der Waals surface area contributed by atoms with E-state index < -0.39 is 11.7 Å². The average Bonchev–Trinajstić information content (AvgIpc) is 2.73. The standard InChI is InChI=1S/C22H28F3N5/c1-17-3-4-18(15-28-17)9-10-27-21(26-2)30-13-11-29(12-14-30)16-19-5-7-20(8-6-19)22(23,24)25/h3-8,15H,9-14,16H2,1-2H3,(H,26,27). The second kappa shape index (κ2) is 9.93. The molecule has 1 aromatic carbocycles. The van der Waals surface area contributed by atoms with E-state index in [-0.39, 0.29) is 0 Å². The Balaban J connectivity index is 1.43. The first-order valence-corrected chi connectivity index (χ1v) is 10.1. The Morgan fingerprint density at radius 2 is 1.70 bits per heavy atom. The van der Waals surface area contributed by atoms with E-state index in [0.29, 0.717) is 6.54 Å². The summed E-state index contributed by atoms with van der Waals surface area (Å²) in [5.74, 6) is 0.879. The average molecular weight is 419 g/mol. The first-order valence-electron chi connectivity index (χ1n) is 10.1. The number of guanidine groups is 1. The molecule has 162 valence electrons. The minimum absolute atomic E-state index is 0.604. The number of hydrogen-bond acceptors (Lipinski definition) is 3. The van der Waals surface area contributed by atoms with Crippen molar-refractivity contribution < 1.29 is 13.2 Å². The summed E-state index contributed by atoms with van der Waals surface area (Å²) < 4.78 is 38.1. The highest BCUT2D eigenvalue weighted by Crippen LogP contribution is 2.29. The Labute approximate surface area is 175 Å². The van der Waals surface area contributed by atoms with Gasteiger partial charge < -0.3 is 10.2 Å². The van der Waals surface area contributed by atoms with E-state index in [4.69, 9.17) is 0 Å². The number of rotatable bonds is 5. The van der Waals surface area contributed by atoms with Crippen LogP contribution in [0.5, 0.6) is 0 Å². The molecule has 0 radical (unpaired) electrons. The van der Waals surface area contributed by atoms with Gasteiger partial charge >= 0.3 is 6.18 Å². The van der Waals surface area contributed by atoms with Crippen LogP contribution in [-0.4, -0.2) is 60.5 Å². The predicted octanol–water partition coefficient (Wildman–Crippen LogP) is 3.34. The lowest BCUT2D eigenvalue weighted by Gasteiger charge is -2.36. The maximum Gasteiger partial charge on any atom is 0.416 e. The second-order valence-corrected chi connectivity index (χ2v) is 7.49. The van der Waals surface area contributed by atoms with Gasteiger partial charge in [0.05, 0.1) is 5.56 Å². The van der Waals surface area contributed by atoms with Crippen LogP contribution in [0.25, 0.3) is 0 Å². The van der Waals surface area contributed by atoms with Gasteiger partial charge in [-0.05, 0) is 42.7 Å².